The first-order chi connectivity index (χ1) is 8.90. The fourth-order valence-corrected chi connectivity index (χ4v) is 3.89. The lowest BCUT2D eigenvalue weighted by atomic mass is 9.75. The minimum absolute atomic E-state index is 0.820. The van der Waals surface area contributed by atoms with Crippen LogP contribution >= 0.6 is 0 Å². The fraction of sp³-hybridized carbons (Fsp3) is 0.647. The second-order valence-electron chi connectivity index (χ2n) is 5.98. The molecular formula is C17H25N. The van der Waals surface area contributed by atoms with Crippen LogP contribution in [0.25, 0.3) is 0 Å². The lowest BCUT2D eigenvalue weighted by molar-refractivity contribution is 0.111. The molecule has 1 aliphatic carbocycles. The summed E-state index contributed by atoms with van der Waals surface area (Å²) in [4.78, 5) is 2.77. The van der Waals surface area contributed by atoms with Crippen molar-refractivity contribution in [3.8, 4) is 0 Å². The predicted molar refractivity (Wildman–Crippen MR) is 76.8 cm³/mol. The van der Waals surface area contributed by atoms with Gasteiger partial charge >= 0.3 is 0 Å². The number of fused-ring (bicyclic) bond motifs is 3. The summed E-state index contributed by atoms with van der Waals surface area (Å²) < 4.78 is 0. The first-order valence-corrected chi connectivity index (χ1v) is 7.72. The van der Waals surface area contributed by atoms with Gasteiger partial charge in [0.15, 0.2) is 0 Å². The molecule has 98 valence electrons. The highest BCUT2D eigenvalue weighted by Crippen LogP contribution is 2.41. The molecule has 0 N–H and O–H groups in total. The number of hydrogen-bond acceptors (Lipinski definition) is 1. The summed E-state index contributed by atoms with van der Waals surface area (Å²) in [6, 6.07) is 10.0. The Morgan fingerprint density at radius 2 is 2.00 bits per heavy atom. The Bertz CT molecular complexity index is 398. The molecular weight excluding hydrogens is 218 g/mol. The zero-order valence-corrected chi connectivity index (χ0v) is 11.6. The van der Waals surface area contributed by atoms with E-state index in [1.807, 2.05) is 0 Å². The Hall–Kier alpha value is -0.820. The highest BCUT2D eigenvalue weighted by molar-refractivity contribution is 5.34. The van der Waals surface area contributed by atoms with Gasteiger partial charge in [0.25, 0.3) is 0 Å². The van der Waals surface area contributed by atoms with Crippen LogP contribution in [0.2, 0.25) is 0 Å². The van der Waals surface area contributed by atoms with Crippen molar-refractivity contribution in [1.82, 2.24) is 4.90 Å². The molecule has 1 aliphatic heterocycles. The molecule has 3 rings (SSSR count). The maximum Gasteiger partial charge on any atom is 0.0239 e. The van der Waals surface area contributed by atoms with Crippen molar-refractivity contribution in [3.05, 3.63) is 35.4 Å². The van der Waals surface area contributed by atoms with Gasteiger partial charge in [0.1, 0.15) is 0 Å². The van der Waals surface area contributed by atoms with E-state index >= 15 is 0 Å². The molecule has 0 amide bonds. The van der Waals surface area contributed by atoms with Gasteiger partial charge in [-0.1, -0.05) is 50.5 Å². The third-order valence-corrected chi connectivity index (χ3v) is 4.83. The molecule has 0 aromatic heterocycles. The number of hydrogen-bond donors (Lipinski definition) is 0. The fourth-order valence-electron chi connectivity index (χ4n) is 3.89. The molecule has 0 bridgehead atoms. The van der Waals surface area contributed by atoms with Crippen molar-refractivity contribution >= 4 is 0 Å². The molecule has 1 heterocycles. The van der Waals surface area contributed by atoms with Gasteiger partial charge in [-0.15, -0.1) is 0 Å². The van der Waals surface area contributed by atoms with Crippen LogP contribution in [-0.4, -0.2) is 17.5 Å². The smallest absolute Gasteiger partial charge is 0.0239 e. The standard InChI is InChI=1S/C17H25N/c1-2-3-12-18-13-14-8-4-5-9-15(14)16-10-6-7-11-17(16)18/h4-5,8-9,16-17H,2-3,6-7,10-13H2,1H3/t16-,17+/m1/s1. The summed E-state index contributed by atoms with van der Waals surface area (Å²) in [5.74, 6) is 0.820. The lowest BCUT2D eigenvalue weighted by Gasteiger charge is -2.45. The molecule has 2 atom stereocenters. The molecule has 2 aliphatic rings. The monoisotopic (exact) mass is 243 g/mol. The van der Waals surface area contributed by atoms with Crippen molar-refractivity contribution in [3.63, 3.8) is 0 Å². The molecule has 1 fully saturated rings. The van der Waals surface area contributed by atoms with E-state index in [4.69, 9.17) is 0 Å². The van der Waals surface area contributed by atoms with Gasteiger partial charge in [-0.2, -0.15) is 0 Å². The molecule has 1 aromatic rings. The minimum atomic E-state index is 0.820. The van der Waals surface area contributed by atoms with Crippen molar-refractivity contribution in [1.29, 1.82) is 0 Å². The maximum absolute atomic E-state index is 2.77. The Morgan fingerprint density at radius 3 is 2.89 bits per heavy atom. The maximum atomic E-state index is 2.77. The molecule has 1 saturated carbocycles. The highest BCUT2D eigenvalue weighted by Gasteiger charge is 2.35. The van der Waals surface area contributed by atoms with E-state index in [1.165, 1.54) is 51.6 Å². The molecule has 0 radical (unpaired) electrons. The Balaban J connectivity index is 1.87. The van der Waals surface area contributed by atoms with Gasteiger partial charge < -0.3 is 0 Å². The Morgan fingerprint density at radius 1 is 1.17 bits per heavy atom. The van der Waals surface area contributed by atoms with Crippen LogP contribution in [0.4, 0.5) is 0 Å². The van der Waals surface area contributed by atoms with Gasteiger partial charge in [0.2, 0.25) is 0 Å². The van der Waals surface area contributed by atoms with E-state index in [0.717, 1.165) is 12.0 Å². The summed E-state index contributed by atoms with van der Waals surface area (Å²) in [5.41, 5.74) is 3.26. The second-order valence-corrected chi connectivity index (χ2v) is 5.98. The van der Waals surface area contributed by atoms with Crippen LogP contribution < -0.4 is 0 Å². The molecule has 0 unspecified atom stereocenters. The first-order valence-electron chi connectivity index (χ1n) is 7.72. The predicted octanol–water partition coefficient (Wildman–Crippen LogP) is 4.33. The SMILES string of the molecule is CCCCN1Cc2ccccc2[C@H]2CCCC[C@@H]21. The summed E-state index contributed by atoms with van der Waals surface area (Å²) in [6.45, 7) is 4.79. The molecule has 0 spiro atoms. The van der Waals surface area contributed by atoms with Crippen LogP contribution in [-0.2, 0) is 6.54 Å². The summed E-state index contributed by atoms with van der Waals surface area (Å²) in [6.07, 6.45) is 8.36. The molecule has 1 nitrogen and oxygen atoms in total. The third kappa shape index (κ3) is 2.21. The Labute approximate surface area is 111 Å². The van der Waals surface area contributed by atoms with E-state index in [9.17, 15) is 0 Å². The van der Waals surface area contributed by atoms with E-state index < -0.39 is 0 Å². The van der Waals surface area contributed by atoms with Gasteiger partial charge in [-0.25, -0.2) is 0 Å². The average molecular weight is 243 g/mol. The zero-order valence-electron chi connectivity index (χ0n) is 11.6. The van der Waals surface area contributed by atoms with Gasteiger partial charge in [0.05, 0.1) is 0 Å². The Kier molecular flexibility index (Phi) is 3.69. The van der Waals surface area contributed by atoms with Crippen molar-refractivity contribution in [2.45, 2.75) is 64.0 Å². The van der Waals surface area contributed by atoms with Gasteiger partial charge in [0, 0.05) is 12.6 Å². The minimum Gasteiger partial charge on any atom is -0.296 e. The van der Waals surface area contributed by atoms with E-state index in [0.29, 0.717) is 0 Å². The van der Waals surface area contributed by atoms with Crippen LogP contribution in [0.5, 0.6) is 0 Å². The average Bonchev–Trinajstić information content (AvgIpc) is 2.45. The molecule has 18 heavy (non-hydrogen) atoms. The second kappa shape index (κ2) is 5.44. The van der Waals surface area contributed by atoms with Crippen LogP contribution in [0.3, 0.4) is 0 Å². The number of nitrogens with zero attached hydrogens (tertiary/aromatic N) is 1. The van der Waals surface area contributed by atoms with E-state index in [-0.39, 0.29) is 0 Å². The van der Waals surface area contributed by atoms with Crippen LogP contribution in [0, 0.1) is 0 Å². The number of benzene rings is 1. The highest BCUT2D eigenvalue weighted by atomic mass is 15.2. The molecule has 1 heteroatoms. The van der Waals surface area contributed by atoms with Gasteiger partial charge in [-0.3, -0.25) is 4.90 Å². The summed E-state index contributed by atoms with van der Waals surface area (Å²) in [5, 5.41) is 0. The quantitative estimate of drug-likeness (QED) is 0.764. The van der Waals surface area contributed by atoms with Crippen LogP contribution in [0.1, 0.15) is 62.5 Å². The normalized spacial score (nSPS) is 27.6. The summed E-state index contributed by atoms with van der Waals surface area (Å²) >= 11 is 0. The number of rotatable bonds is 3. The lowest BCUT2D eigenvalue weighted by Crippen LogP contribution is -2.45. The molecule has 1 aromatic carbocycles. The van der Waals surface area contributed by atoms with E-state index in [1.54, 1.807) is 11.1 Å². The molecule has 0 saturated heterocycles. The van der Waals surface area contributed by atoms with Crippen molar-refractivity contribution in [2.24, 2.45) is 0 Å². The topological polar surface area (TPSA) is 3.24 Å². The first kappa shape index (κ1) is 12.2. The van der Waals surface area contributed by atoms with Crippen molar-refractivity contribution in [2.75, 3.05) is 6.54 Å². The van der Waals surface area contributed by atoms with Crippen LogP contribution in [0.15, 0.2) is 24.3 Å². The largest absolute Gasteiger partial charge is 0.296 e. The number of unbranched alkanes of at least 4 members (excludes halogenated alkanes) is 1. The summed E-state index contributed by atoms with van der Waals surface area (Å²) in [7, 11) is 0. The third-order valence-electron chi connectivity index (χ3n) is 4.83. The zero-order chi connectivity index (χ0) is 12.4. The van der Waals surface area contributed by atoms with Gasteiger partial charge in [-0.05, 0) is 42.9 Å². The van der Waals surface area contributed by atoms with Crippen molar-refractivity contribution < 1.29 is 0 Å². The van der Waals surface area contributed by atoms with E-state index in [2.05, 4.69) is 36.1 Å².